The minimum absolute atomic E-state index is 0.588. The average molecular weight is 250 g/mol. The number of aromatic nitrogens is 2. The Balaban J connectivity index is 1.54. The number of aryl methyl sites for hydroxylation is 1. The molecule has 1 aromatic heterocycles. The lowest BCUT2D eigenvalue weighted by Gasteiger charge is -2.24. The molecule has 0 spiro atoms. The van der Waals surface area contributed by atoms with E-state index in [-0.39, 0.29) is 0 Å². The molecule has 2 aliphatic carbocycles. The van der Waals surface area contributed by atoms with Gasteiger partial charge in [0.05, 0.1) is 11.9 Å². The van der Waals surface area contributed by atoms with Crippen molar-refractivity contribution in [3.63, 3.8) is 0 Å². The van der Waals surface area contributed by atoms with E-state index < -0.39 is 0 Å². The normalized spacial score (nSPS) is 30.5. The number of rotatable bonds is 2. The maximum atomic E-state index is 5.34. The van der Waals surface area contributed by atoms with E-state index in [2.05, 4.69) is 15.7 Å². The predicted octanol–water partition coefficient (Wildman–Crippen LogP) is 1.90. The monoisotopic (exact) mass is 250 g/mol. The van der Waals surface area contributed by atoms with E-state index in [1.54, 1.807) is 10.9 Å². The minimum Gasteiger partial charge on any atom is -0.359 e. The lowest BCUT2D eigenvalue weighted by Crippen LogP contribution is -2.40. The fraction of sp³-hybridized carbons (Fsp3) is 0.667. The highest BCUT2D eigenvalue weighted by Crippen LogP contribution is 2.44. The Labute approximate surface area is 107 Å². The van der Waals surface area contributed by atoms with Crippen molar-refractivity contribution in [1.29, 1.82) is 0 Å². The Morgan fingerprint density at radius 1 is 1.47 bits per heavy atom. The van der Waals surface area contributed by atoms with E-state index in [9.17, 15) is 0 Å². The molecule has 1 aromatic rings. The third kappa shape index (κ3) is 2.29. The standard InChI is InChI=1S/C12H18N4S/c1-16-7-10(6-13-16)14-12(17)15-11-5-8-2-3-9(11)4-8/h6-9,11H,2-5H2,1H3,(H2,14,15,17)/t8-,9-,11+/m0/s1. The largest absolute Gasteiger partial charge is 0.359 e. The Hall–Kier alpha value is -1.10. The summed E-state index contributed by atoms with van der Waals surface area (Å²) in [5.74, 6) is 1.78. The average Bonchev–Trinajstić information content (AvgIpc) is 2.95. The Bertz CT molecular complexity index is 428. The molecule has 1 heterocycles. The van der Waals surface area contributed by atoms with Gasteiger partial charge in [-0.15, -0.1) is 0 Å². The van der Waals surface area contributed by atoms with Gasteiger partial charge in [0.2, 0.25) is 0 Å². The zero-order valence-corrected chi connectivity index (χ0v) is 10.8. The Morgan fingerprint density at radius 2 is 2.35 bits per heavy atom. The molecule has 92 valence electrons. The van der Waals surface area contributed by atoms with Gasteiger partial charge < -0.3 is 10.6 Å². The molecule has 3 rings (SSSR count). The van der Waals surface area contributed by atoms with Crippen molar-refractivity contribution in [2.75, 3.05) is 5.32 Å². The molecule has 2 saturated carbocycles. The van der Waals surface area contributed by atoms with Crippen LogP contribution in [-0.2, 0) is 7.05 Å². The molecule has 2 fully saturated rings. The van der Waals surface area contributed by atoms with Crippen LogP contribution in [-0.4, -0.2) is 20.9 Å². The number of hydrogen-bond donors (Lipinski definition) is 2. The van der Waals surface area contributed by atoms with Crippen LogP contribution in [0.3, 0.4) is 0 Å². The molecule has 2 bridgehead atoms. The van der Waals surface area contributed by atoms with Gasteiger partial charge in [-0.05, 0) is 43.3 Å². The first-order chi connectivity index (χ1) is 8.20. The van der Waals surface area contributed by atoms with Crippen LogP contribution in [0.4, 0.5) is 5.69 Å². The van der Waals surface area contributed by atoms with Crippen molar-refractivity contribution in [1.82, 2.24) is 15.1 Å². The second-order valence-corrected chi connectivity index (χ2v) is 5.69. The number of anilines is 1. The maximum absolute atomic E-state index is 5.34. The molecule has 0 unspecified atom stereocenters. The summed E-state index contributed by atoms with van der Waals surface area (Å²) >= 11 is 5.34. The molecule has 2 N–H and O–H groups in total. The van der Waals surface area contributed by atoms with Gasteiger partial charge >= 0.3 is 0 Å². The van der Waals surface area contributed by atoms with Crippen LogP contribution in [0, 0.1) is 11.8 Å². The fourth-order valence-electron chi connectivity index (χ4n) is 3.24. The molecular formula is C12H18N4S. The molecule has 0 amide bonds. The second-order valence-electron chi connectivity index (χ2n) is 5.28. The van der Waals surface area contributed by atoms with Crippen LogP contribution in [0.25, 0.3) is 0 Å². The Kier molecular flexibility index (Phi) is 2.78. The molecule has 0 radical (unpaired) electrons. The smallest absolute Gasteiger partial charge is 0.171 e. The summed E-state index contributed by atoms with van der Waals surface area (Å²) in [5, 5.41) is 11.5. The van der Waals surface area contributed by atoms with Gasteiger partial charge in [0.1, 0.15) is 0 Å². The van der Waals surface area contributed by atoms with Crippen molar-refractivity contribution in [2.45, 2.75) is 31.7 Å². The van der Waals surface area contributed by atoms with Crippen molar-refractivity contribution in [2.24, 2.45) is 18.9 Å². The maximum Gasteiger partial charge on any atom is 0.171 e. The molecular weight excluding hydrogens is 232 g/mol. The van der Waals surface area contributed by atoms with Gasteiger partial charge in [-0.1, -0.05) is 6.42 Å². The van der Waals surface area contributed by atoms with Crippen molar-refractivity contribution >= 4 is 23.0 Å². The van der Waals surface area contributed by atoms with Gasteiger partial charge in [-0.2, -0.15) is 5.10 Å². The first kappa shape index (κ1) is 11.0. The van der Waals surface area contributed by atoms with Crippen LogP contribution in [0.1, 0.15) is 25.7 Å². The van der Waals surface area contributed by atoms with Crippen molar-refractivity contribution in [3.8, 4) is 0 Å². The molecule has 0 saturated heterocycles. The fourth-order valence-corrected chi connectivity index (χ4v) is 3.51. The van der Waals surface area contributed by atoms with Crippen LogP contribution in [0.5, 0.6) is 0 Å². The van der Waals surface area contributed by atoms with E-state index >= 15 is 0 Å². The number of hydrogen-bond acceptors (Lipinski definition) is 2. The highest BCUT2D eigenvalue weighted by atomic mass is 32.1. The lowest BCUT2D eigenvalue weighted by atomic mass is 9.96. The second kappa shape index (κ2) is 4.29. The first-order valence-electron chi connectivity index (χ1n) is 6.27. The van der Waals surface area contributed by atoms with Gasteiger partial charge in [0.15, 0.2) is 5.11 Å². The predicted molar refractivity (Wildman–Crippen MR) is 71.8 cm³/mol. The van der Waals surface area contributed by atoms with Gasteiger partial charge in [0.25, 0.3) is 0 Å². The molecule has 3 atom stereocenters. The van der Waals surface area contributed by atoms with E-state index in [0.717, 1.165) is 22.6 Å². The zero-order valence-electron chi connectivity index (χ0n) is 10.0. The molecule has 4 nitrogen and oxygen atoms in total. The summed E-state index contributed by atoms with van der Waals surface area (Å²) < 4.78 is 1.77. The van der Waals surface area contributed by atoms with Crippen molar-refractivity contribution < 1.29 is 0 Å². The van der Waals surface area contributed by atoms with Crippen molar-refractivity contribution in [3.05, 3.63) is 12.4 Å². The summed E-state index contributed by atoms with van der Waals surface area (Å²) in [5.41, 5.74) is 0.952. The third-order valence-corrected chi connectivity index (χ3v) is 4.24. The van der Waals surface area contributed by atoms with Crippen LogP contribution in [0.15, 0.2) is 12.4 Å². The topological polar surface area (TPSA) is 41.9 Å². The molecule has 0 aliphatic heterocycles. The summed E-state index contributed by atoms with van der Waals surface area (Å²) in [6.07, 6.45) is 9.19. The quantitative estimate of drug-likeness (QED) is 0.787. The molecule has 5 heteroatoms. The number of nitrogens with zero attached hydrogens (tertiary/aromatic N) is 2. The van der Waals surface area contributed by atoms with E-state index in [4.69, 9.17) is 12.2 Å². The minimum atomic E-state index is 0.588. The summed E-state index contributed by atoms with van der Waals surface area (Å²) in [4.78, 5) is 0. The summed E-state index contributed by atoms with van der Waals surface area (Å²) in [6, 6.07) is 0.588. The SMILES string of the molecule is Cn1cc(NC(=S)N[C@@H]2C[C@H]3CC[C@H]2C3)cn1. The molecule has 2 aliphatic rings. The number of thiocarbonyl (C=S) groups is 1. The van der Waals surface area contributed by atoms with Crippen LogP contribution < -0.4 is 10.6 Å². The first-order valence-corrected chi connectivity index (χ1v) is 6.67. The van der Waals surface area contributed by atoms with E-state index in [1.165, 1.54) is 25.7 Å². The highest BCUT2D eigenvalue weighted by molar-refractivity contribution is 7.80. The van der Waals surface area contributed by atoms with Gasteiger partial charge in [-0.3, -0.25) is 4.68 Å². The lowest BCUT2D eigenvalue weighted by molar-refractivity contribution is 0.392. The van der Waals surface area contributed by atoms with E-state index in [1.807, 2.05) is 13.2 Å². The summed E-state index contributed by atoms with van der Waals surface area (Å²) in [7, 11) is 1.90. The number of fused-ring (bicyclic) bond motifs is 2. The zero-order chi connectivity index (χ0) is 11.8. The molecule has 17 heavy (non-hydrogen) atoms. The van der Waals surface area contributed by atoms with Gasteiger partial charge in [-0.25, -0.2) is 0 Å². The van der Waals surface area contributed by atoms with Gasteiger partial charge in [0, 0.05) is 19.3 Å². The van der Waals surface area contributed by atoms with Crippen LogP contribution in [0.2, 0.25) is 0 Å². The Morgan fingerprint density at radius 3 is 2.94 bits per heavy atom. The van der Waals surface area contributed by atoms with Crippen LogP contribution >= 0.6 is 12.2 Å². The highest BCUT2D eigenvalue weighted by Gasteiger charge is 2.39. The summed E-state index contributed by atoms with van der Waals surface area (Å²) in [6.45, 7) is 0. The van der Waals surface area contributed by atoms with E-state index in [0.29, 0.717) is 6.04 Å². The molecule has 0 aromatic carbocycles. The number of nitrogens with one attached hydrogen (secondary N) is 2. The third-order valence-electron chi connectivity index (χ3n) is 4.02.